The summed E-state index contributed by atoms with van der Waals surface area (Å²) in [6, 6.07) is 9.92. The Morgan fingerprint density at radius 1 is 1.11 bits per heavy atom. The van der Waals surface area contributed by atoms with Gasteiger partial charge in [-0.15, -0.1) is 0 Å². The molecule has 0 fully saturated rings. The van der Waals surface area contributed by atoms with Crippen LogP contribution in [0.5, 0.6) is 11.5 Å². The van der Waals surface area contributed by atoms with Crippen molar-refractivity contribution in [2.24, 2.45) is 5.73 Å². The molecule has 3 aliphatic rings. The Balaban J connectivity index is 1.79. The second-order valence-corrected chi connectivity index (χ2v) is 8.32. The van der Waals surface area contributed by atoms with E-state index in [1.807, 2.05) is 0 Å². The van der Waals surface area contributed by atoms with Gasteiger partial charge in [-0.05, 0) is 42.7 Å². The summed E-state index contributed by atoms with van der Waals surface area (Å²) >= 11 is 0. The van der Waals surface area contributed by atoms with Crippen molar-refractivity contribution in [1.29, 1.82) is 0 Å². The predicted octanol–water partition coefficient (Wildman–Crippen LogP) is 4.39. The highest BCUT2D eigenvalue weighted by molar-refractivity contribution is 6.05. The van der Waals surface area contributed by atoms with Crippen LogP contribution >= 0.6 is 0 Å². The minimum Gasteiger partial charge on any atom is -0.466 e. The minimum atomic E-state index is -4.68. The number of nitrogens with two attached hydrogens (primary N) is 1. The Hall–Kier alpha value is -3.95. The summed E-state index contributed by atoms with van der Waals surface area (Å²) in [5.74, 6) is -1.33. The Labute approximate surface area is 198 Å². The number of carbonyl (C=O) groups is 2. The molecule has 2 heterocycles. The largest absolute Gasteiger partial charge is 0.466 e. The maximum absolute atomic E-state index is 13.9. The number of Topliss-reactive ketones (excluding diaryl/α,β-unsaturated/α-hetero) is 1. The molecule has 35 heavy (non-hydrogen) atoms. The van der Waals surface area contributed by atoms with Gasteiger partial charge in [-0.1, -0.05) is 18.2 Å². The van der Waals surface area contributed by atoms with Gasteiger partial charge in [0.1, 0.15) is 5.82 Å². The van der Waals surface area contributed by atoms with E-state index in [2.05, 4.69) is 0 Å². The van der Waals surface area contributed by atoms with Crippen molar-refractivity contribution in [2.75, 3.05) is 18.8 Å². The van der Waals surface area contributed by atoms with E-state index >= 15 is 0 Å². The van der Waals surface area contributed by atoms with Crippen molar-refractivity contribution in [3.8, 4) is 11.5 Å². The van der Waals surface area contributed by atoms with Gasteiger partial charge in [0.05, 0.1) is 29.9 Å². The van der Waals surface area contributed by atoms with Crippen LogP contribution in [0, 0.1) is 0 Å². The van der Waals surface area contributed by atoms with Crippen LogP contribution in [0.25, 0.3) is 0 Å². The quantitative estimate of drug-likeness (QED) is 0.644. The number of halogens is 3. The van der Waals surface area contributed by atoms with E-state index in [9.17, 15) is 22.8 Å². The third kappa shape index (κ3) is 3.69. The number of anilines is 1. The fourth-order valence-corrected chi connectivity index (χ4v) is 4.91. The molecule has 0 spiro atoms. The number of ketones is 1. The Morgan fingerprint density at radius 3 is 2.60 bits per heavy atom. The molecule has 0 bridgehead atoms. The molecule has 1 atom stereocenters. The van der Waals surface area contributed by atoms with Gasteiger partial charge < -0.3 is 19.9 Å². The molecule has 10 heteroatoms. The van der Waals surface area contributed by atoms with Gasteiger partial charge in [0.15, 0.2) is 17.3 Å². The first kappa shape index (κ1) is 22.8. The smallest absolute Gasteiger partial charge is 0.418 e. The van der Waals surface area contributed by atoms with Crippen LogP contribution in [0.15, 0.2) is 65.1 Å². The summed E-state index contributed by atoms with van der Waals surface area (Å²) in [6.45, 7) is 0.0279. The van der Waals surface area contributed by atoms with Crippen molar-refractivity contribution in [2.45, 2.75) is 31.4 Å². The summed E-state index contributed by atoms with van der Waals surface area (Å²) in [7, 11) is 1.15. The highest BCUT2D eigenvalue weighted by atomic mass is 19.4. The van der Waals surface area contributed by atoms with E-state index in [1.54, 1.807) is 18.2 Å². The number of carbonyl (C=O) groups excluding carboxylic acids is 2. The maximum Gasteiger partial charge on any atom is 0.418 e. The SMILES string of the molecule is COC(=O)C1=C(N)N(c2ccccc2C(F)(F)F)C2=C(C(=O)CCC2)[C@H]1c1ccc2c(c1)OCO2. The number of hydrogen-bond acceptors (Lipinski definition) is 7. The van der Waals surface area contributed by atoms with Gasteiger partial charge in [0.25, 0.3) is 0 Å². The first-order valence-corrected chi connectivity index (χ1v) is 10.9. The van der Waals surface area contributed by atoms with Crippen LogP contribution in [0.3, 0.4) is 0 Å². The third-order valence-corrected chi connectivity index (χ3v) is 6.38. The summed E-state index contributed by atoms with van der Waals surface area (Å²) in [5, 5.41) is 0. The minimum absolute atomic E-state index is 0.0279. The van der Waals surface area contributed by atoms with Crippen molar-refractivity contribution in [3.63, 3.8) is 0 Å². The summed E-state index contributed by atoms with van der Waals surface area (Å²) in [6.07, 6.45) is -3.74. The summed E-state index contributed by atoms with van der Waals surface area (Å²) < 4.78 is 57.6. The van der Waals surface area contributed by atoms with Crippen molar-refractivity contribution in [3.05, 3.63) is 76.3 Å². The van der Waals surface area contributed by atoms with E-state index in [4.69, 9.17) is 19.9 Å². The molecular formula is C25H21F3N2O5. The monoisotopic (exact) mass is 486 g/mol. The molecular weight excluding hydrogens is 465 g/mol. The molecule has 0 saturated heterocycles. The molecule has 0 radical (unpaired) electrons. The normalized spacial score (nSPS) is 19.7. The highest BCUT2D eigenvalue weighted by Gasteiger charge is 2.45. The number of para-hydroxylation sites is 1. The maximum atomic E-state index is 13.9. The lowest BCUT2D eigenvalue weighted by molar-refractivity contribution is -0.137. The first-order valence-electron chi connectivity index (χ1n) is 10.9. The van der Waals surface area contributed by atoms with Gasteiger partial charge in [0, 0.05) is 17.7 Å². The predicted molar refractivity (Wildman–Crippen MR) is 118 cm³/mol. The number of fused-ring (bicyclic) bond motifs is 1. The van der Waals surface area contributed by atoms with E-state index < -0.39 is 23.6 Å². The number of methoxy groups -OCH3 is 1. The Bertz CT molecular complexity index is 1300. The Kier molecular flexibility index (Phi) is 5.46. The van der Waals surface area contributed by atoms with Crippen molar-refractivity contribution >= 4 is 17.4 Å². The second-order valence-electron chi connectivity index (χ2n) is 8.32. The molecule has 2 aliphatic heterocycles. The second kappa shape index (κ2) is 8.37. The van der Waals surface area contributed by atoms with Gasteiger partial charge in [-0.3, -0.25) is 9.69 Å². The number of ether oxygens (including phenoxy) is 3. The highest BCUT2D eigenvalue weighted by Crippen LogP contribution is 2.50. The zero-order valence-electron chi connectivity index (χ0n) is 18.6. The molecule has 0 aromatic heterocycles. The van der Waals surface area contributed by atoms with Crippen LogP contribution < -0.4 is 20.1 Å². The van der Waals surface area contributed by atoms with Crippen LogP contribution in [-0.2, 0) is 20.5 Å². The number of allylic oxidation sites excluding steroid dienone is 2. The molecule has 2 N–H and O–H groups in total. The number of benzene rings is 2. The van der Waals surface area contributed by atoms with Crippen molar-refractivity contribution < 1.29 is 37.0 Å². The number of alkyl halides is 3. The topological polar surface area (TPSA) is 91.1 Å². The molecule has 0 amide bonds. The Morgan fingerprint density at radius 2 is 1.86 bits per heavy atom. The molecule has 5 rings (SSSR count). The summed E-state index contributed by atoms with van der Waals surface area (Å²) in [5.41, 5.74) is 6.25. The lowest BCUT2D eigenvalue weighted by Gasteiger charge is -2.41. The molecule has 7 nitrogen and oxygen atoms in total. The molecule has 182 valence electrons. The van der Waals surface area contributed by atoms with E-state index in [0.717, 1.165) is 13.2 Å². The molecule has 2 aromatic rings. The molecule has 0 unspecified atom stereocenters. The van der Waals surface area contributed by atoms with Crippen molar-refractivity contribution in [1.82, 2.24) is 0 Å². The number of rotatable bonds is 3. The zero-order valence-corrected chi connectivity index (χ0v) is 18.6. The van der Waals surface area contributed by atoms with E-state index in [-0.39, 0.29) is 41.7 Å². The number of nitrogens with zero attached hydrogens (tertiary/aromatic N) is 1. The first-order chi connectivity index (χ1) is 16.7. The average molecular weight is 486 g/mol. The van der Waals surface area contributed by atoms with Crippen LogP contribution in [0.4, 0.5) is 18.9 Å². The fraction of sp³-hybridized carbons (Fsp3) is 0.280. The van der Waals surface area contributed by atoms with Crippen LogP contribution in [-0.4, -0.2) is 25.7 Å². The van der Waals surface area contributed by atoms with Crippen LogP contribution in [0.1, 0.15) is 36.3 Å². The van der Waals surface area contributed by atoms with Gasteiger partial charge in [-0.25, -0.2) is 4.79 Å². The number of esters is 1. The van der Waals surface area contributed by atoms with E-state index in [1.165, 1.54) is 23.1 Å². The van der Waals surface area contributed by atoms with Gasteiger partial charge in [-0.2, -0.15) is 13.2 Å². The molecule has 0 saturated carbocycles. The number of hydrogen-bond donors (Lipinski definition) is 1. The standard InChI is InChI=1S/C25H21F3N2O5/c1-33-24(32)22-20(13-9-10-18-19(11-13)35-12-34-18)21-16(7-4-8-17(21)31)30(23(22)29)15-6-3-2-5-14(15)25(26,27)28/h2-3,5-6,9-11,20H,4,7-8,12,29H2,1H3/t20-/m1/s1. The third-order valence-electron chi connectivity index (χ3n) is 6.38. The zero-order chi connectivity index (χ0) is 24.9. The van der Waals surface area contributed by atoms with E-state index in [0.29, 0.717) is 35.6 Å². The lowest BCUT2D eigenvalue weighted by atomic mass is 9.75. The van der Waals surface area contributed by atoms with Gasteiger partial charge >= 0.3 is 12.1 Å². The molecule has 1 aliphatic carbocycles. The summed E-state index contributed by atoms with van der Waals surface area (Å²) in [4.78, 5) is 27.5. The van der Waals surface area contributed by atoms with Gasteiger partial charge in [0.2, 0.25) is 6.79 Å². The fourth-order valence-electron chi connectivity index (χ4n) is 4.91. The van der Waals surface area contributed by atoms with Crippen LogP contribution in [0.2, 0.25) is 0 Å². The lowest BCUT2D eigenvalue weighted by Crippen LogP contribution is -2.41. The average Bonchev–Trinajstić information content (AvgIpc) is 3.30. The molecule has 2 aromatic carbocycles.